The molecule has 2 heterocycles. The zero-order valence-electron chi connectivity index (χ0n) is 17.7. The third kappa shape index (κ3) is 3.74. The van der Waals surface area contributed by atoms with E-state index in [-0.39, 0.29) is 0 Å². The van der Waals surface area contributed by atoms with Crippen LogP contribution in [0.15, 0.2) is 42.7 Å². The van der Waals surface area contributed by atoms with E-state index < -0.39 is 23.2 Å². The lowest BCUT2D eigenvalue weighted by atomic mass is 10.00. The monoisotopic (exact) mass is 449 g/mol. The van der Waals surface area contributed by atoms with Gasteiger partial charge in [0.15, 0.2) is 5.65 Å². The van der Waals surface area contributed by atoms with Gasteiger partial charge in [-0.05, 0) is 30.9 Å². The van der Waals surface area contributed by atoms with Gasteiger partial charge < -0.3 is 15.4 Å². The molecule has 166 valence electrons. The number of anilines is 2. The standard InChI is InChI=1S/C20H21F2N5O2.CH4S/c1-19(18(28)23-2)17(20(19,21)22)12-4-6-13(7-5-12)26-14-10-24-16-8-9-25-27(16)15(14)11-29-3;1-2/h4-10,17,26H,11H2,1-3H3,(H,23,28);2H,1H3. The van der Waals surface area contributed by atoms with Crippen LogP contribution in [-0.2, 0) is 16.1 Å². The van der Waals surface area contributed by atoms with Gasteiger partial charge >= 0.3 is 0 Å². The van der Waals surface area contributed by atoms with Gasteiger partial charge in [0.2, 0.25) is 5.91 Å². The molecule has 1 amide bonds. The Hall–Kier alpha value is -2.72. The molecular weight excluding hydrogens is 424 g/mol. The lowest BCUT2D eigenvalue weighted by molar-refractivity contribution is -0.128. The number of thiol groups is 1. The number of methoxy groups -OCH3 is 1. The minimum absolute atomic E-state index is 0.319. The maximum atomic E-state index is 14.4. The molecule has 1 saturated carbocycles. The maximum absolute atomic E-state index is 14.4. The highest BCUT2D eigenvalue weighted by Gasteiger charge is 2.82. The highest BCUT2D eigenvalue weighted by molar-refractivity contribution is 7.79. The predicted octanol–water partition coefficient (Wildman–Crippen LogP) is 3.65. The third-order valence-electron chi connectivity index (χ3n) is 5.57. The zero-order chi connectivity index (χ0) is 22.8. The molecule has 31 heavy (non-hydrogen) atoms. The Labute approximate surface area is 184 Å². The first-order chi connectivity index (χ1) is 14.8. The fourth-order valence-corrected chi connectivity index (χ4v) is 3.83. The molecule has 10 heteroatoms. The number of benzene rings is 1. The summed E-state index contributed by atoms with van der Waals surface area (Å²) in [4.78, 5) is 16.3. The first-order valence-electron chi connectivity index (χ1n) is 9.57. The van der Waals surface area contributed by atoms with E-state index in [2.05, 4.69) is 33.3 Å². The number of carbonyl (C=O) groups is 1. The summed E-state index contributed by atoms with van der Waals surface area (Å²) in [5, 5.41) is 9.82. The number of hydrogen-bond acceptors (Lipinski definition) is 6. The van der Waals surface area contributed by atoms with Crippen LogP contribution in [0, 0.1) is 5.41 Å². The maximum Gasteiger partial charge on any atom is 0.270 e. The Morgan fingerprint density at radius 3 is 2.55 bits per heavy atom. The van der Waals surface area contributed by atoms with Crippen LogP contribution < -0.4 is 10.6 Å². The van der Waals surface area contributed by atoms with E-state index in [1.54, 1.807) is 60.6 Å². The summed E-state index contributed by atoms with van der Waals surface area (Å²) in [5.74, 6) is -4.88. The molecule has 0 radical (unpaired) electrons. The van der Waals surface area contributed by atoms with E-state index in [1.165, 1.54) is 14.0 Å². The third-order valence-corrected chi connectivity index (χ3v) is 5.57. The molecule has 2 unspecified atom stereocenters. The molecule has 7 nitrogen and oxygen atoms in total. The molecule has 1 aromatic carbocycles. The highest BCUT2D eigenvalue weighted by Crippen LogP contribution is 2.71. The smallest absolute Gasteiger partial charge is 0.270 e. The Kier molecular flexibility index (Phi) is 6.51. The molecule has 0 spiro atoms. The summed E-state index contributed by atoms with van der Waals surface area (Å²) >= 11 is 3.53. The summed E-state index contributed by atoms with van der Waals surface area (Å²) in [7, 11) is 2.96. The number of hydrogen-bond donors (Lipinski definition) is 3. The number of fused-ring (bicyclic) bond motifs is 1. The van der Waals surface area contributed by atoms with Crippen LogP contribution in [0.25, 0.3) is 5.65 Å². The number of nitrogens with zero attached hydrogens (tertiary/aromatic N) is 3. The molecule has 0 aliphatic heterocycles. The van der Waals surface area contributed by atoms with Gasteiger partial charge in [-0.3, -0.25) is 4.79 Å². The van der Waals surface area contributed by atoms with Crippen LogP contribution in [0.3, 0.4) is 0 Å². The summed E-state index contributed by atoms with van der Waals surface area (Å²) in [6, 6.07) is 8.43. The number of ether oxygens (including phenoxy) is 1. The fourth-order valence-electron chi connectivity index (χ4n) is 3.83. The Bertz CT molecular complexity index is 1070. The van der Waals surface area contributed by atoms with Crippen molar-refractivity contribution < 1.29 is 18.3 Å². The number of amides is 1. The van der Waals surface area contributed by atoms with Crippen LogP contribution in [-0.4, -0.2) is 46.8 Å². The largest absolute Gasteiger partial charge is 0.378 e. The topological polar surface area (TPSA) is 80.5 Å². The zero-order valence-corrected chi connectivity index (χ0v) is 18.6. The average molecular weight is 450 g/mol. The molecule has 2 atom stereocenters. The summed E-state index contributed by atoms with van der Waals surface area (Å²) in [6.07, 6.45) is 5.02. The highest BCUT2D eigenvalue weighted by atomic mass is 32.1. The van der Waals surface area contributed by atoms with Gasteiger partial charge in [-0.15, -0.1) is 0 Å². The SMILES string of the molecule is CNC(=O)C1(C)C(c2ccc(Nc3cnc4ccnn4c3COC)cc2)C1(F)F.CS. The van der Waals surface area contributed by atoms with Gasteiger partial charge in [0.05, 0.1) is 36.3 Å². The van der Waals surface area contributed by atoms with Crippen LogP contribution >= 0.6 is 12.6 Å². The van der Waals surface area contributed by atoms with Crippen LogP contribution in [0.1, 0.15) is 24.1 Å². The normalized spacial score (nSPS) is 21.2. The number of aromatic nitrogens is 3. The molecule has 2 aromatic heterocycles. The van der Waals surface area contributed by atoms with Gasteiger partial charge in [-0.25, -0.2) is 18.3 Å². The van der Waals surface area contributed by atoms with E-state index in [4.69, 9.17) is 4.74 Å². The van der Waals surface area contributed by atoms with Crippen molar-refractivity contribution in [3.63, 3.8) is 0 Å². The molecule has 1 fully saturated rings. The van der Waals surface area contributed by atoms with Crippen molar-refractivity contribution in [3.05, 3.63) is 54.0 Å². The first-order valence-corrected chi connectivity index (χ1v) is 10.5. The average Bonchev–Trinajstić information content (AvgIpc) is 3.09. The molecule has 3 aromatic rings. The molecule has 1 aliphatic rings. The van der Waals surface area contributed by atoms with Crippen molar-refractivity contribution in [1.82, 2.24) is 19.9 Å². The van der Waals surface area contributed by atoms with E-state index in [9.17, 15) is 13.6 Å². The summed E-state index contributed by atoms with van der Waals surface area (Å²) < 4.78 is 35.7. The second-order valence-electron chi connectivity index (χ2n) is 7.24. The van der Waals surface area contributed by atoms with E-state index in [0.717, 1.165) is 5.69 Å². The van der Waals surface area contributed by atoms with Gasteiger partial charge in [0.25, 0.3) is 5.92 Å². The van der Waals surface area contributed by atoms with Crippen LogP contribution in [0.5, 0.6) is 0 Å². The second-order valence-corrected chi connectivity index (χ2v) is 7.24. The second kappa shape index (κ2) is 8.80. The van der Waals surface area contributed by atoms with Crippen molar-refractivity contribution in [3.8, 4) is 0 Å². The lowest BCUT2D eigenvalue weighted by Crippen LogP contribution is -2.31. The molecule has 2 N–H and O–H groups in total. The molecular formula is C21H25F2N5O2S. The van der Waals surface area contributed by atoms with Crippen LogP contribution in [0.2, 0.25) is 0 Å². The fraction of sp³-hybridized carbons (Fsp3) is 0.381. The molecule has 1 aliphatic carbocycles. The minimum Gasteiger partial charge on any atom is -0.378 e. The Morgan fingerprint density at radius 1 is 1.26 bits per heavy atom. The van der Waals surface area contributed by atoms with Crippen LogP contribution in [0.4, 0.5) is 20.2 Å². The van der Waals surface area contributed by atoms with Crippen molar-refractivity contribution >= 4 is 35.6 Å². The number of rotatable bonds is 6. The van der Waals surface area contributed by atoms with Crippen molar-refractivity contribution in [1.29, 1.82) is 0 Å². The van der Waals surface area contributed by atoms with Crippen molar-refractivity contribution in [2.24, 2.45) is 5.41 Å². The van der Waals surface area contributed by atoms with Gasteiger partial charge in [0, 0.05) is 25.9 Å². The number of nitrogens with one attached hydrogen (secondary N) is 2. The van der Waals surface area contributed by atoms with E-state index >= 15 is 0 Å². The Balaban J connectivity index is 0.00000132. The minimum atomic E-state index is -3.08. The summed E-state index contributed by atoms with van der Waals surface area (Å²) in [5.41, 5.74) is 1.57. The van der Waals surface area contributed by atoms with Gasteiger partial charge in [-0.2, -0.15) is 17.7 Å². The lowest BCUT2D eigenvalue weighted by Gasteiger charge is -2.13. The van der Waals surface area contributed by atoms with E-state index in [0.29, 0.717) is 29.2 Å². The number of alkyl halides is 2. The number of halogens is 2. The first kappa shape index (κ1) is 23.0. The molecule has 4 rings (SSSR count). The predicted molar refractivity (Wildman–Crippen MR) is 118 cm³/mol. The van der Waals surface area contributed by atoms with Gasteiger partial charge in [-0.1, -0.05) is 12.1 Å². The van der Waals surface area contributed by atoms with Crippen molar-refractivity contribution in [2.75, 3.05) is 25.7 Å². The van der Waals surface area contributed by atoms with E-state index in [1.807, 2.05) is 0 Å². The quantitative estimate of drug-likeness (QED) is 0.501. The van der Waals surface area contributed by atoms with Crippen molar-refractivity contribution in [2.45, 2.75) is 25.4 Å². The van der Waals surface area contributed by atoms with Gasteiger partial charge in [0.1, 0.15) is 5.41 Å². The number of carbonyl (C=O) groups excluding carboxylic acids is 1. The molecule has 0 saturated heterocycles. The summed E-state index contributed by atoms with van der Waals surface area (Å²) in [6.45, 7) is 1.62. The molecule has 0 bridgehead atoms. The Morgan fingerprint density at radius 2 is 1.94 bits per heavy atom.